The second-order valence-electron chi connectivity index (χ2n) is 5.68. The molecule has 116 valence electrons. The van der Waals surface area contributed by atoms with Crippen LogP contribution in [-0.4, -0.2) is 12.5 Å². The minimum atomic E-state index is -0.0232. The molecule has 0 aliphatic rings. The third-order valence-corrected chi connectivity index (χ3v) is 3.84. The number of anilines is 2. The highest BCUT2D eigenvalue weighted by Crippen LogP contribution is 2.21. The molecule has 0 aliphatic heterocycles. The molecule has 0 saturated heterocycles. The van der Waals surface area contributed by atoms with Crippen molar-refractivity contribution in [3.63, 3.8) is 0 Å². The molecule has 0 radical (unpaired) electrons. The van der Waals surface area contributed by atoms with Crippen LogP contribution in [0.15, 0.2) is 36.4 Å². The summed E-state index contributed by atoms with van der Waals surface area (Å²) < 4.78 is 0. The Bertz CT molecular complexity index is 677. The van der Waals surface area contributed by atoms with Gasteiger partial charge in [-0.3, -0.25) is 4.79 Å². The number of benzene rings is 2. The van der Waals surface area contributed by atoms with Gasteiger partial charge in [0.2, 0.25) is 5.91 Å². The normalized spacial score (nSPS) is 10.4. The molecule has 0 saturated carbocycles. The van der Waals surface area contributed by atoms with E-state index >= 15 is 0 Å². The molecule has 2 rings (SSSR count). The summed E-state index contributed by atoms with van der Waals surface area (Å²) in [6.45, 7) is 8.47. The molecule has 2 aromatic rings. The Hall–Kier alpha value is -2.29. The Morgan fingerprint density at radius 3 is 2.55 bits per heavy atom. The summed E-state index contributed by atoms with van der Waals surface area (Å²) in [4.78, 5) is 12.2. The fourth-order valence-electron chi connectivity index (χ4n) is 2.49. The number of para-hydroxylation sites is 1. The van der Waals surface area contributed by atoms with Crippen LogP contribution >= 0.6 is 0 Å². The van der Waals surface area contributed by atoms with Gasteiger partial charge in [0.1, 0.15) is 0 Å². The fraction of sp³-hybridized carbons (Fsp3) is 0.316. The molecule has 0 fully saturated rings. The summed E-state index contributed by atoms with van der Waals surface area (Å²) in [5.41, 5.74) is 6.54. The highest BCUT2D eigenvalue weighted by Gasteiger charge is 2.09. The lowest BCUT2D eigenvalue weighted by Crippen LogP contribution is -2.23. The Balaban J connectivity index is 2.03. The molecule has 1 amide bonds. The lowest BCUT2D eigenvalue weighted by atomic mass is 10.1. The van der Waals surface area contributed by atoms with Crippen LogP contribution in [0.1, 0.15) is 29.2 Å². The number of hydrogen-bond acceptors (Lipinski definition) is 2. The molecule has 0 heterocycles. The van der Waals surface area contributed by atoms with Crippen molar-refractivity contribution in [2.24, 2.45) is 0 Å². The summed E-state index contributed by atoms with van der Waals surface area (Å²) in [6, 6.07) is 12.3. The first-order valence-electron chi connectivity index (χ1n) is 7.70. The molecule has 0 aromatic heterocycles. The van der Waals surface area contributed by atoms with Gasteiger partial charge in [-0.05, 0) is 55.5 Å². The maximum absolute atomic E-state index is 12.2. The predicted molar refractivity (Wildman–Crippen MR) is 93.6 cm³/mol. The summed E-state index contributed by atoms with van der Waals surface area (Å²) in [6.07, 6.45) is 0.904. The maximum Gasteiger partial charge on any atom is 0.243 e. The van der Waals surface area contributed by atoms with Crippen LogP contribution in [0.3, 0.4) is 0 Å². The average Bonchev–Trinajstić information content (AvgIpc) is 2.50. The van der Waals surface area contributed by atoms with E-state index in [0.717, 1.165) is 28.9 Å². The van der Waals surface area contributed by atoms with E-state index in [4.69, 9.17) is 0 Å². The van der Waals surface area contributed by atoms with E-state index in [9.17, 15) is 4.79 Å². The molecule has 0 spiro atoms. The number of hydrogen-bond donors (Lipinski definition) is 2. The molecule has 0 unspecified atom stereocenters. The first kappa shape index (κ1) is 16.1. The summed E-state index contributed by atoms with van der Waals surface area (Å²) in [7, 11) is 0. The number of carbonyl (C=O) groups excluding carboxylic acids is 1. The number of amides is 1. The minimum Gasteiger partial charge on any atom is -0.376 e. The zero-order valence-electron chi connectivity index (χ0n) is 13.8. The van der Waals surface area contributed by atoms with Gasteiger partial charge in [0.15, 0.2) is 0 Å². The second-order valence-corrected chi connectivity index (χ2v) is 5.68. The first-order valence-corrected chi connectivity index (χ1v) is 7.70. The van der Waals surface area contributed by atoms with Crippen molar-refractivity contribution >= 4 is 17.3 Å². The summed E-state index contributed by atoms with van der Waals surface area (Å²) in [5.74, 6) is -0.0232. The molecule has 0 aliphatic carbocycles. The van der Waals surface area contributed by atoms with E-state index in [-0.39, 0.29) is 12.5 Å². The van der Waals surface area contributed by atoms with Crippen molar-refractivity contribution in [1.82, 2.24) is 0 Å². The monoisotopic (exact) mass is 296 g/mol. The van der Waals surface area contributed by atoms with Gasteiger partial charge in [0.05, 0.1) is 6.54 Å². The number of nitrogens with one attached hydrogen (secondary N) is 2. The van der Waals surface area contributed by atoms with E-state index in [2.05, 4.69) is 41.8 Å². The standard InChI is InChI=1S/C19H24N2O/c1-5-16-8-6-7-15(4)19(16)21-18(22)12-20-17-11-13(2)9-10-14(17)3/h6-11,20H,5,12H2,1-4H3,(H,21,22). The average molecular weight is 296 g/mol. The largest absolute Gasteiger partial charge is 0.376 e. The summed E-state index contributed by atoms with van der Waals surface area (Å²) in [5, 5.41) is 6.25. The van der Waals surface area contributed by atoms with Crippen molar-refractivity contribution in [3.05, 3.63) is 58.7 Å². The van der Waals surface area contributed by atoms with E-state index in [1.807, 2.05) is 32.9 Å². The lowest BCUT2D eigenvalue weighted by molar-refractivity contribution is -0.114. The smallest absolute Gasteiger partial charge is 0.243 e. The molecule has 3 nitrogen and oxygen atoms in total. The lowest BCUT2D eigenvalue weighted by Gasteiger charge is -2.14. The van der Waals surface area contributed by atoms with Crippen LogP contribution in [0.5, 0.6) is 0 Å². The quantitative estimate of drug-likeness (QED) is 0.867. The molecule has 2 N–H and O–H groups in total. The molecule has 22 heavy (non-hydrogen) atoms. The fourth-order valence-corrected chi connectivity index (χ4v) is 2.49. The van der Waals surface area contributed by atoms with Crippen molar-refractivity contribution < 1.29 is 4.79 Å². The van der Waals surface area contributed by atoms with Gasteiger partial charge in [-0.2, -0.15) is 0 Å². The van der Waals surface area contributed by atoms with Crippen LogP contribution in [0, 0.1) is 20.8 Å². The van der Waals surface area contributed by atoms with E-state index in [0.29, 0.717) is 0 Å². The van der Waals surface area contributed by atoms with Gasteiger partial charge in [-0.25, -0.2) is 0 Å². The Morgan fingerprint density at radius 2 is 1.82 bits per heavy atom. The highest BCUT2D eigenvalue weighted by atomic mass is 16.1. The third-order valence-electron chi connectivity index (χ3n) is 3.84. The van der Waals surface area contributed by atoms with Gasteiger partial charge in [0, 0.05) is 11.4 Å². The molecule has 0 bridgehead atoms. The number of aryl methyl sites for hydroxylation is 4. The SMILES string of the molecule is CCc1cccc(C)c1NC(=O)CNc1cc(C)ccc1C. The summed E-state index contributed by atoms with van der Waals surface area (Å²) >= 11 is 0. The Labute approximate surface area is 132 Å². The van der Waals surface area contributed by atoms with E-state index < -0.39 is 0 Å². The Morgan fingerprint density at radius 1 is 1.05 bits per heavy atom. The van der Waals surface area contributed by atoms with Crippen molar-refractivity contribution in [2.75, 3.05) is 17.2 Å². The molecule has 3 heteroatoms. The maximum atomic E-state index is 12.2. The van der Waals surface area contributed by atoms with Crippen LogP contribution in [-0.2, 0) is 11.2 Å². The zero-order valence-corrected chi connectivity index (χ0v) is 13.8. The second kappa shape index (κ2) is 7.12. The zero-order chi connectivity index (χ0) is 16.1. The van der Waals surface area contributed by atoms with Crippen LogP contribution in [0.2, 0.25) is 0 Å². The van der Waals surface area contributed by atoms with Gasteiger partial charge < -0.3 is 10.6 Å². The van der Waals surface area contributed by atoms with Crippen molar-refractivity contribution in [2.45, 2.75) is 34.1 Å². The van der Waals surface area contributed by atoms with Crippen molar-refractivity contribution in [1.29, 1.82) is 0 Å². The van der Waals surface area contributed by atoms with Gasteiger partial charge >= 0.3 is 0 Å². The number of carbonyl (C=O) groups is 1. The van der Waals surface area contributed by atoms with Crippen LogP contribution in [0.4, 0.5) is 11.4 Å². The highest BCUT2D eigenvalue weighted by molar-refractivity contribution is 5.95. The van der Waals surface area contributed by atoms with Crippen LogP contribution in [0.25, 0.3) is 0 Å². The number of rotatable bonds is 5. The molecular weight excluding hydrogens is 272 g/mol. The Kier molecular flexibility index (Phi) is 5.21. The van der Waals surface area contributed by atoms with Gasteiger partial charge in [-0.1, -0.05) is 37.3 Å². The van der Waals surface area contributed by atoms with E-state index in [1.54, 1.807) is 0 Å². The van der Waals surface area contributed by atoms with Gasteiger partial charge in [0.25, 0.3) is 0 Å². The minimum absolute atomic E-state index is 0.0232. The van der Waals surface area contributed by atoms with E-state index in [1.165, 1.54) is 11.1 Å². The third kappa shape index (κ3) is 3.88. The first-order chi connectivity index (χ1) is 10.5. The predicted octanol–water partition coefficient (Wildman–Crippen LogP) is 4.22. The molecular formula is C19H24N2O. The molecule has 2 aromatic carbocycles. The van der Waals surface area contributed by atoms with Crippen molar-refractivity contribution in [3.8, 4) is 0 Å². The van der Waals surface area contributed by atoms with Gasteiger partial charge in [-0.15, -0.1) is 0 Å². The molecule has 0 atom stereocenters. The topological polar surface area (TPSA) is 41.1 Å². The van der Waals surface area contributed by atoms with Crippen LogP contribution < -0.4 is 10.6 Å².